The fourth-order valence-corrected chi connectivity index (χ4v) is 17.9. The Morgan fingerprint density at radius 2 is 1.59 bits per heavy atom. The summed E-state index contributed by atoms with van der Waals surface area (Å²) in [5.74, 6) is -0.734. The van der Waals surface area contributed by atoms with E-state index in [9.17, 15) is 9.90 Å². The molecule has 0 aromatic heterocycles. The molecule has 0 radical (unpaired) electrons. The van der Waals surface area contributed by atoms with Crippen LogP contribution in [0.15, 0.2) is 22.8 Å². The number of hydroxylamine groups is 2. The zero-order valence-corrected chi connectivity index (χ0v) is 21.2. The molecule has 0 aromatic carbocycles. The first-order valence-electron chi connectivity index (χ1n) is 10.7. The van der Waals surface area contributed by atoms with E-state index in [1.165, 1.54) is 64.0 Å². The van der Waals surface area contributed by atoms with Crippen LogP contribution in [0.3, 0.4) is 0 Å². The molecule has 0 unspecified atom stereocenters. The SMILES string of the molecule is C=CC[C@H](C(=O)N(C)OC)[C@H](O)/C=[CH]/[Sn]([CH2]CCC)([CH2]CCC)[CH2]CCC. The molecule has 27 heavy (non-hydrogen) atoms. The number of hydrogen-bond acceptors (Lipinski definition) is 3. The van der Waals surface area contributed by atoms with Crippen LogP contribution >= 0.6 is 0 Å². The third kappa shape index (κ3) is 10.1. The van der Waals surface area contributed by atoms with Crippen LogP contribution in [0.4, 0.5) is 0 Å². The Hall–Kier alpha value is -0.331. The van der Waals surface area contributed by atoms with Gasteiger partial charge in [-0.25, -0.2) is 0 Å². The monoisotopic (exact) mass is 489 g/mol. The molecule has 0 heterocycles. The zero-order chi connectivity index (χ0) is 20.7. The Morgan fingerprint density at radius 3 is 1.96 bits per heavy atom. The molecule has 0 aliphatic heterocycles. The molecule has 5 heteroatoms. The number of allylic oxidation sites excluding steroid dienone is 1. The Balaban J connectivity index is 5.48. The Labute approximate surface area is 171 Å². The van der Waals surface area contributed by atoms with E-state index in [0.29, 0.717) is 6.42 Å². The fourth-order valence-electron chi connectivity index (χ4n) is 3.54. The summed E-state index contributed by atoms with van der Waals surface area (Å²) in [4.78, 5) is 17.5. The van der Waals surface area contributed by atoms with Crippen molar-refractivity contribution in [3.05, 3.63) is 22.8 Å². The normalized spacial score (nSPS) is 14.3. The van der Waals surface area contributed by atoms with Crippen molar-refractivity contribution < 1.29 is 14.7 Å². The zero-order valence-electron chi connectivity index (χ0n) is 18.4. The van der Waals surface area contributed by atoms with E-state index in [-0.39, 0.29) is 5.91 Å². The van der Waals surface area contributed by atoms with Gasteiger partial charge in [0.25, 0.3) is 0 Å². The summed E-state index contributed by atoms with van der Waals surface area (Å²) in [6, 6.07) is 0. The third-order valence-corrected chi connectivity index (χ3v) is 19.6. The van der Waals surface area contributed by atoms with Crippen molar-refractivity contribution >= 4 is 24.3 Å². The number of amides is 1. The third-order valence-electron chi connectivity index (χ3n) is 5.47. The van der Waals surface area contributed by atoms with Crippen molar-refractivity contribution in [1.29, 1.82) is 0 Å². The van der Waals surface area contributed by atoms with Crippen molar-refractivity contribution in [2.45, 2.75) is 85.1 Å². The van der Waals surface area contributed by atoms with E-state index < -0.39 is 30.4 Å². The Kier molecular flexibility index (Phi) is 15.4. The van der Waals surface area contributed by atoms with Gasteiger partial charge in [0.15, 0.2) is 0 Å². The molecule has 0 aliphatic carbocycles. The Morgan fingerprint density at radius 1 is 1.11 bits per heavy atom. The molecule has 0 fully saturated rings. The minimum atomic E-state index is -2.46. The van der Waals surface area contributed by atoms with Crippen LogP contribution in [0, 0.1) is 5.92 Å². The average molecular weight is 488 g/mol. The van der Waals surface area contributed by atoms with Crippen molar-refractivity contribution in [2.24, 2.45) is 5.92 Å². The van der Waals surface area contributed by atoms with Crippen molar-refractivity contribution in [3.8, 4) is 0 Å². The predicted molar refractivity (Wildman–Crippen MR) is 118 cm³/mol. The standard InChI is InChI=1S/C10H16NO3.3C4H9.Sn/c1-5-7-8(9(12)6-2)10(13)11(3)14-4;3*1-3-4-2;/h2,5-6,8-9,12H,1,7H2,3-4H3;3*1,3-4H2,2H3;/t8-,9+;;;;/m0..../s1. The summed E-state index contributed by atoms with van der Waals surface area (Å²) in [5.41, 5.74) is 0. The van der Waals surface area contributed by atoms with Gasteiger partial charge in [-0.2, -0.15) is 0 Å². The van der Waals surface area contributed by atoms with Gasteiger partial charge < -0.3 is 0 Å². The maximum absolute atomic E-state index is 12.5. The van der Waals surface area contributed by atoms with Gasteiger partial charge in [-0.15, -0.1) is 0 Å². The van der Waals surface area contributed by atoms with Gasteiger partial charge >= 0.3 is 172 Å². The van der Waals surface area contributed by atoms with Crippen LogP contribution in [0.2, 0.25) is 13.3 Å². The second-order valence-corrected chi connectivity index (χ2v) is 20.7. The first-order chi connectivity index (χ1) is 12.9. The van der Waals surface area contributed by atoms with E-state index in [1.54, 1.807) is 13.1 Å². The molecular weight excluding hydrogens is 445 g/mol. The van der Waals surface area contributed by atoms with Crippen molar-refractivity contribution in [2.75, 3.05) is 14.2 Å². The van der Waals surface area contributed by atoms with E-state index in [1.807, 2.05) is 6.08 Å². The predicted octanol–water partition coefficient (Wildman–Crippen LogP) is 5.50. The molecule has 158 valence electrons. The molecule has 0 saturated heterocycles. The summed E-state index contributed by atoms with van der Waals surface area (Å²) in [6.07, 6.45) is 10.8. The number of hydrogen-bond donors (Lipinski definition) is 1. The minimum absolute atomic E-state index is 0.203. The molecule has 1 amide bonds. The summed E-state index contributed by atoms with van der Waals surface area (Å²) >= 11 is -2.46. The van der Waals surface area contributed by atoms with Gasteiger partial charge in [-0.05, 0) is 0 Å². The molecular formula is C22H43NO3Sn. The van der Waals surface area contributed by atoms with Gasteiger partial charge in [0.1, 0.15) is 0 Å². The number of aliphatic hydroxyl groups is 1. The van der Waals surface area contributed by atoms with Crippen LogP contribution in [-0.4, -0.2) is 54.7 Å². The van der Waals surface area contributed by atoms with E-state index in [4.69, 9.17) is 4.84 Å². The molecule has 0 spiro atoms. The number of aliphatic hydroxyl groups excluding tert-OH is 1. The van der Waals surface area contributed by atoms with Crippen LogP contribution < -0.4 is 0 Å². The van der Waals surface area contributed by atoms with Crippen LogP contribution in [0.25, 0.3) is 0 Å². The summed E-state index contributed by atoms with van der Waals surface area (Å²) < 4.78 is 6.49. The van der Waals surface area contributed by atoms with E-state index in [0.717, 1.165) is 0 Å². The van der Waals surface area contributed by atoms with Crippen molar-refractivity contribution in [1.82, 2.24) is 5.06 Å². The molecule has 0 bridgehead atoms. The molecule has 0 rings (SSSR count). The first kappa shape index (κ1) is 26.7. The second kappa shape index (κ2) is 15.6. The molecule has 4 nitrogen and oxygen atoms in total. The van der Waals surface area contributed by atoms with Gasteiger partial charge in [0.05, 0.1) is 0 Å². The molecule has 0 aromatic rings. The first-order valence-corrected chi connectivity index (χ1v) is 18.4. The summed E-state index contributed by atoms with van der Waals surface area (Å²) in [6.45, 7) is 10.5. The van der Waals surface area contributed by atoms with Crippen LogP contribution in [0.5, 0.6) is 0 Å². The average Bonchev–Trinajstić information content (AvgIpc) is 2.69. The molecule has 0 aliphatic rings. The fraction of sp³-hybridized carbons (Fsp3) is 0.773. The molecule has 2 atom stereocenters. The van der Waals surface area contributed by atoms with E-state index >= 15 is 0 Å². The number of nitrogens with zero attached hydrogens (tertiary/aromatic N) is 1. The number of carbonyl (C=O) groups is 1. The summed E-state index contributed by atoms with van der Waals surface area (Å²) in [7, 11) is 3.05. The topological polar surface area (TPSA) is 49.8 Å². The van der Waals surface area contributed by atoms with Crippen molar-refractivity contribution in [3.63, 3.8) is 0 Å². The van der Waals surface area contributed by atoms with E-state index in [2.05, 4.69) is 31.4 Å². The van der Waals surface area contributed by atoms with Gasteiger partial charge in [0.2, 0.25) is 0 Å². The molecule has 0 saturated carbocycles. The number of carbonyl (C=O) groups excluding carboxylic acids is 1. The molecule has 1 N–H and O–H groups in total. The van der Waals surface area contributed by atoms with Gasteiger partial charge in [-0.1, -0.05) is 0 Å². The summed E-state index contributed by atoms with van der Waals surface area (Å²) in [5, 5.41) is 12.0. The number of rotatable bonds is 16. The van der Waals surface area contributed by atoms with Crippen LogP contribution in [0.1, 0.15) is 65.7 Å². The number of unbranched alkanes of at least 4 members (excludes halogenated alkanes) is 3. The quantitative estimate of drug-likeness (QED) is 0.177. The van der Waals surface area contributed by atoms with Gasteiger partial charge in [0, 0.05) is 0 Å². The van der Waals surface area contributed by atoms with Gasteiger partial charge in [-0.3, -0.25) is 0 Å². The van der Waals surface area contributed by atoms with Crippen LogP contribution in [-0.2, 0) is 9.63 Å². The Bertz CT molecular complexity index is 417. The maximum atomic E-state index is 12.5. The second-order valence-electron chi connectivity index (χ2n) is 7.67.